The molecule has 130 valence electrons. The van der Waals surface area contributed by atoms with Crippen LogP contribution in [0, 0.1) is 13.8 Å². The number of hydrogen-bond acceptors (Lipinski definition) is 7. The van der Waals surface area contributed by atoms with Gasteiger partial charge in [-0.1, -0.05) is 0 Å². The first kappa shape index (κ1) is 16.7. The lowest BCUT2D eigenvalue weighted by atomic mass is 10.2. The number of carbonyl (C=O) groups is 2. The molecule has 0 aliphatic heterocycles. The van der Waals surface area contributed by atoms with Crippen LogP contribution in [0.3, 0.4) is 0 Å². The summed E-state index contributed by atoms with van der Waals surface area (Å²) in [5.74, 6) is 1.18. The summed E-state index contributed by atoms with van der Waals surface area (Å²) in [5.41, 5.74) is 1.42. The first-order valence-electron chi connectivity index (χ1n) is 7.59. The maximum atomic E-state index is 12.1. The molecule has 0 saturated heterocycles. The highest BCUT2D eigenvalue weighted by molar-refractivity contribution is 5.97. The molecule has 25 heavy (non-hydrogen) atoms. The van der Waals surface area contributed by atoms with E-state index in [1.165, 1.54) is 17.6 Å². The van der Waals surface area contributed by atoms with Crippen molar-refractivity contribution in [3.8, 4) is 11.5 Å². The molecule has 0 aliphatic carbocycles. The lowest BCUT2D eigenvalue weighted by molar-refractivity contribution is 0.0427. The Morgan fingerprint density at radius 3 is 2.56 bits per heavy atom. The molecule has 0 unspecified atom stereocenters. The van der Waals surface area contributed by atoms with Gasteiger partial charge < -0.3 is 18.1 Å². The number of aryl methyl sites for hydroxylation is 3. The van der Waals surface area contributed by atoms with Crippen molar-refractivity contribution in [2.75, 3.05) is 0 Å². The van der Waals surface area contributed by atoms with Crippen LogP contribution in [-0.2, 0) is 18.4 Å². The van der Waals surface area contributed by atoms with Crippen molar-refractivity contribution in [3.05, 3.63) is 47.0 Å². The molecule has 8 heteroatoms. The summed E-state index contributed by atoms with van der Waals surface area (Å²) < 4.78 is 17.6. The summed E-state index contributed by atoms with van der Waals surface area (Å²) in [7, 11) is 1.66. The number of ketones is 1. The van der Waals surface area contributed by atoms with Crippen molar-refractivity contribution in [1.82, 2.24) is 14.8 Å². The molecule has 0 aliphatic rings. The molecule has 0 aromatic carbocycles. The number of carbonyl (C=O) groups excluding carboxylic acids is 2. The molecule has 0 N–H and O–H groups in total. The Hall–Kier alpha value is -3.16. The van der Waals surface area contributed by atoms with Gasteiger partial charge in [-0.25, -0.2) is 4.79 Å². The second-order valence-electron chi connectivity index (χ2n) is 5.69. The number of aromatic nitrogens is 3. The largest absolute Gasteiger partial charge is 0.466 e. The molecule has 8 nitrogen and oxygen atoms in total. The predicted molar refractivity (Wildman–Crippen MR) is 86.0 cm³/mol. The molecule has 0 radical (unpaired) electrons. The van der Waals surface area contributed by atoms with Crippen molar-refractivity contribution in [3.63, 3.8) is 0 Å². The standard InChI is InChI=1S/C17H17N3O5/c1-9-5-13(11(3)24-9)16-19-18-15(25-16)8-23-17(22)14-6-12(10(2)21)7-20(14)4/h5-7H,8H2,1-4H3. The Kier molecular flexibility index (Phi) is 4.26. The predicted octanol–water partition coefficient (Wildman–Crippen LogP) is 2.84. The van der Waals surface area contributed by atoms with Crippen LogP contribution >= 0.6 is 0 Å². The fourth-order valence-corrected chi connectivity index (χ4v) is 2.43. The van der Waals surface area contributed by atoms with Gasteiger partial charge in [0.1, 0.15) is 17.2 Å². The lowest BCUT2D eigenvalue weighted by Crippen LogP contribution is -2.09. The van der Waals surface area contributed by atoms with Gasteiger partial charge >= 0.3 is 5.97 Å². The van der Waals surface area contributed by atoms with Crippen LogP contribution in [0.25, 0.3) is 11.5 Å². The van der Waals surface area contributed by atoms with Crippen LogP contribution in [0.2, 0.25) is 0 Å². The summed E-state index contributed by atoms with van der Waals surface area (Å²) in [5, 5.41) is 7.81. The molecule has 0 fully saturated rings. The van der Waals surface area contributed by atoms with E-state index in [2.05, 4.69) is 10.2 Å². The van der Waals surface area contributed by atoms with Crippen LogP contribution < -0.4 is 0 Å². The Bertz CT molecular complexity index is 948. The van der Waals surface area contributed by atoms with Gasteiger partial charge in [0, 0.05) is 18.8 Å². The topological polar surface area (TPSA) is 100 Å². The van der Waals surface area contributed by atoms with E-state index in [-0.39, 0.29) is 24.0 Å². The van der Waals surface area contributed by atoms with E-state index in [4.69, 9.17) is 13.6 Å². The van der Waals surface area contributed by atoms with Crippen LogP contribution in [0.5, 0.6) is 0 Å². The molecular formula is C17H17N3O5. The van der Waals surface area contributed by atoms with Gasteiger partial charge in [-0.3, -0.25) is 4.79 Å². The minimum atomic E-state index is -0.579. The highest BCUT2D eigenvalue weighted by Gasteiger charge is 2.18. The van der Waals surface area contributed by atoms with Crippen molar-refractivity contribution in [2.24, 2.45) is 7.05 Å². The van der Waals surface area contributed by atoms with Crippen LogP contribution in [0.4, 0.5) is 0 Å². The summed E-state index contributed by atoms with van der Waals surface area (Å²) in [6.45, 7) is 4.89. The normalized spacial score (nSPS) is 10.9. The Labute approximate surface area is 143 Å². The Morgan fingerprint density at radius 2 is 1.96 bits per heavy atom. The zero-order valence-electron chi connectivity index (χ0n) is 14.3. The smallest absolute Gasteiger partial charge is 0.355 e. The van der Waals surface area contributed by atoms with Crippen LogP contribution in [-0.4, -0.2) is 26.5 Å². The van der Waals surface area contributed by atoms with Gasteiger partial charge in [-0.05, 0) is 32.9 Å². The van der Waals surface area contributed by atoms with Crippen LogP contribution in [0.1, 0.15) is 45.2 Å². The minimum Gasteiger partial charge on any atom is -0.466 e. The average Bonchev–Trinajstić information content (AvgIpc) is 3.23. The first-order valence-corrected chi connectivity index (χ1v) is 7.59. The molecule has 0 amide bonds. The SMILES string of the molecule is CC(=O)c1cc(C(=O)OCc2nnc(-c3cc(C)oc3C)o2)n(C)c1. The van der Waals surface area contributed by atoms with Gasteiger partial charge in [0.2, 0.25) is 0 Å². The second-order valence-corrected chi connectivity index (χ2v) is 5.69. The molecule has 3 rings (SSSR count). The van der Waals surface area contributed by atoms with Gasteiger partial charge in [-0.15, -0.1) is 10.2 Å². The van der Waals surface area contributed by atoms with Crippen molar-refractivity contribution in [2.45, 2.75) is 27.4 Å². The maximum Gasteiger partial charge on any atom is 0.355 e. The second kappa shape index (κ2) is 6.39. The number of esters is 1. The number of nitrogens with zero attached hydrogens (tertiary/aromatic N) is 3. The third kappa shape index (κ3) is 3.37. The highest BCUT2D eigenvalue weighted by atomic mass is 16.5. The molecule has 3 heterocycles. The third-order valence-electron chi connectivity index (χ3n) is 3.69. The number of hydrogen-bond donors (Lipinski definition) is 0. The third-order valence-corrected chi connectivity index (χ3v) is 3.69. The maximum absolute atomic E-state index is 12.1. The Balaban J connectivity index is 1.69. The van der Waals surface area contributed by atoms with Gasteiger partial charge in [0.15, 0.2) is 12.4 Å². The first-order chi connectivity index (χ1) is 11.8. The lowest BCUT2D eigenvalue weighted by Gasteiger charge is -2.02. The van der Waals surface area contributed by atoms with Gasteiger partial charge in [0.25, 0.3) is 11.8 Å². The van der Waals surface area contributed by atoms with E-state index < -0.39 is 5.97 Å². The number of rotatable bonds is 5. The van der Waals surface area contributed by atoms with E-state index in [0.29, 0.717) is 22.8 Å². The quantitative estimate of drug-likeness (QED) is 0.518. The molecule has 0 bridgehead atoms. The Morgan fingerprint density at radius 1 is 1.20 bits per heavy atom. The molecule has 0 saturated carbocycles. The summed E-state index contributed by atoms with van der Waals surface area (Å²) >= 11 is 0. The van der Waals surface area contributed by atoms with Crippen LogP contribution in [0.15, 0.2) is 27.2 Å². The monoisotopic (exact) mass is 343 g/mol. The van der Waals surface area contributed by atoms with Gasteiger partial charge in [0.05, 0.1) is 5.56 Å². The van der Waals surface area contributed by atoms with E-state index >= 15 is 0 Å². The van der Waals surface area contributed by atoms with E-state index in [1.807, 2.05) is 6.92 Å². The molecule has 3 aromatic heterocycles. The summed E-state index contributed by atoms with van der Waals surface area (Å²) in [6.07, 6.45) is 1.58. The highest BCUT2D eigenvalue weighted by Crippen LogP contribution is 2.25. The number of furan rings is 1. The number of ether oxygens (including phenoxy) is 1. The van der Waals surface area contributed by atoms with Crippen molar-refractivity contribution >= 4 is 11.8 Å². The molecule has 0 atom stereocenters. The average molecular weight is 343 g/mol. The van der Waals surface area contributed by atoms with E-state index in [1.54, 1.807) is 26.2 Å². The zero-order chi connectivity index (χ0) is 18.1. The van der Waals surface area contributed by atoms with E-state index in [0.717, 1.165) is 5.76 Å². The van der Waals surface area contributed by atoms with Gasteiger partial charge in [-0.2, -0.15) is 0 Å². The fourth-order valence-electron chi connectivity index (χ4n) is 2.43. The summed E-state index contributed by atoms with van der Waals surface area (Å²) in [4.78, 5) is 23.5. The van der Waals surface area contributed by atoms with E-state index in [9.17, 15) is 9.59 Å². The zero-order valence-corrected chi connectivity index (χ0v) is 14.3. The molecule has 3 aromatic rings. The summed E-state index contributed by atoms with van der Waals surface area (Å²) in [6, 6.07) is 3.29. The fraction of sp³-hybridized carbons (Fsp3) is 0.294. The molecule has 0 spiro atoms. The van der Waals surface area contributed by atoms with Crippen molar-refractivity contribution < 1.29 is 23.2 Å². The number of Topliss-reactive ketones (excluding diaryl/α,β-unsaturated/α-hetero) is 1. The molecular weight excluding hydrogens is 326 g/mol. The van der Waals surface area contributed by atoms with Crippen molar-refractivity contribution in [1.29, 1.82) is 0 Å². The minimum absolute atomic E-state index is 0.123.